The van der Waals surface area contributed by atoms with Gasteiger partial charge >= 0.3 is 0 Å². The molecule has 14 heavy (non-hydrogen) atoms. The lowest BCUT2D eigenvalue weighted by atomic mass is 9.87. The van der Waals surface area contributed by atoms with E-state index in [0.29, 0.717) is 12.8 Å². The van der Waals surface area contributed by atoms with Crippen molar-refractivity contribution in [3.05, 3.63) is 0 Å². The highest BCUT2D eigenvalue weighted by molar-refractivity contribution is 7.91. The lowest BCUT2D eigenvalue weighted by molar-refractivity contribution is 0.154. The van der Waals surface area contributed by atoms with Gasteiger partial charge in [-0.1, -0.05) is 0 Å². The van der Waals surface area contributed by atoms with Gasteiger partial charge in [0.15, 0.2) is 9.84 Å². The van der Waals surface area contributed by atoms with Gasteiger partial charge in [-0.15, -0.1) is 0 Å². The predicted molar refractivity (Wildman–Crippen MR) is 52.5 cm³/mol. The molecule has 1 aliphatic heterocycles. The van der Waals surface area contributed by atoms with Crippen LogP contribution in [-0.4, -0.2) is 37.8 Å². The minimum Gasteiger partial charge on any atom is -0.396 e. The van der Waals surface area contributed by atoms with Crippen LogP contribution in [-0.2, 0) is 9.84 Å². The van der Waals surface area contributed by atoms with Crippen molar-refractivity contribution in [2.24, 2.45) is 11.8 Å². The van der Waals surface area contributed by atoms with Crippen molar-refractivity contribution in [1.29, 1.82) is 0 Å². The van der Waals surface area contributed by atoms with E-state index in [1.807, 2.05) is 0 Å². The summed E-state index contributed by atoms with van der Waals surface area (Å²) in [5, 5.41) is 9.02. The van der Waals surface area contributed by atoms with Crippen LogP contribution in [0, 0.1) is 11.8 Å². The number of halogens is 1. The molecule has 3 unspecified atom stereocenters. The summed E-state index contributed by atoms with van der Waals surface area (Å²) in [6, 6.07) is 0. The first-order valence-electron chi connectivity index (χ1n) is 4.90. The Morgan fingerprint density at radius 2 is 2.14 bits per heavy atom. The van der Waals surface area contributed by atoms with Crippen LogP contribution in [0.3, 0.4) is 0 Å². The van der Waals surface area contributed by atoms with E-state index >= 15 is 0 Å². The van der Waals surface area contributed by atoms with Gasteiger partial charge in [-0.2, -0.15) is 0 Å². The van der Waals surface area contributed by atoms with Crippen LogP contribution < -0.4 is 0 Å². The molecule has 5 heteroatoms. The molecule has 3 atom stereocenters. The topological polar surface area (TPSA) is 54.4 Å². The van der Waals surface area contributed by atoms with Crippen molar-refractivity contribution in [1.82, 2.24) is 0 Å². The van der Waals surface area contributed by atoms with Gasteiger partial charge in [0.05, 0.1) is 17.7 Å². The van der Waals surface area contributed by atoms with Gasteiger partial charge in [0.1, 0.15) is 0 Å². The second-order valence-corrected chi connectivity index (χ2v) is 6.35. The number of alkyl halides is 1. The summed E-state index contributed by atoms with van der Waals surface area (Å²) in [5.74, 6) is -0.0997. The van der Waals surface area contributed by atoms with Crippen molar-refractivity contribution in [3.8, 4) is 0 Å². The Morgan fingerprint density at radius 1 is 1.50 bits per heavy atom. The molecule has 0 aliphatic carbocycles. The summed E-state index contributed by atoms with van der Waals surface area (Å²) < 4.78 is 35.2. The van der Waals surface area contributed by atoms with Gasteiger partial charge in [-0.25, -0.2) is 12.8 Å². The highest BCUT2D eigenvalue weighted by atomic mass is 32.2. The third kappa shape index (κ3) is 3.20. The number of hydrogen-bond donors (Lipinski definition) is 1. The maximum absolute atomic E-state index is 12.8. The van der Waals surface area contributed by atoms with Gasteiger partial charge in [-0.3, -0.25) is 0 Å². The molecule has 1 heterocycles. The zero-order valence-corrected chi connectivity index (χ0v) is 9.13. The van der Waals surface area contributed by atoms with Crippen molar-refractivity contribution in [3.63, 3.8) is 0 Å². The quantitative estimate of drug-likeness (QED) is 0.770. The Bertz CT molecular complexity index is 274. The summed E-state index contributed by atoms with van der Waals surface area (Å²) in [4.78, 5) is 0. The molecular formula is C9H17FO3S. The van der Waals surface area contributed by atoms with Crippen LogP contribution in [0.5, 0.6) is 0 Å². The molecule has 3 nitrogen and oxygen atoms in total. The maximum Gasteiger partial charge on any atom is 0.150 e. The smallest absolute Gasteiger partial charge is 0.150 e. The minimum atomic E-state index is -3.00. The van der Waals surface area contributed by atoms with Gasteiger partial charge in [0.2, 0.25) is 0 Å². The molecule has 1 N–H and O–H groups in total. The second-order valence-electron chi connectivity index (χ2n) is 4.12. The lowest BCUT2D eigenvalue weighted by Crippen LogP contribution is -2.35. The fourth-order valence-electron chi connectivity index (χ4n) is 2.04. The molecule has 0 aromatic heterocycles. The highest BCUT2D eigenvalue weighted by Crippen LogP contribution is 2.29. The van der Waals surface area contributed by atoms with E-state index in [2.05, 4.69) is 0 Å². The van der Waals surface area contributed by atoms with E-state index in [4.69, 9.17) is 5.11 Å². The number of aliphatic hydroxyl groups excluding tert-OH is 1. The third-order valence-corrected chi connectivity index (χ3v) is 4.59. The first-order valence-corrected chi connectivity index (χ1v) is 6.72. The van der Waals surface area contributed by atoms with Crippen LogP contribution in [0.2, 0.25) is 0 Å². The summed E-state index contributed by atoms with van der Waals surface area (Å²) in [6.07, 6.45) is -0.0717. The monoisotopic (exact) mass is 224 g/mol. The molecule has 1 saturated heterocycles. The molecule has 0 amide bonds. The third-order valence-electron chi connectivity index (χ3n) is 2.80. The van der Waals surface area contributed by atoms with Gasteiger partial charge in [0, 0.05) is 6.61 Å². The largest absolute Gasteiger partial charge is 0.396 e. The highest BCUT2D eigenvalue weighted by Gasteiger charge is 2.33. The zero-order valence-electron chi connectivity index (χ0n) is 8.32. The average molecular weight is 224 g/mol. The first-order chi connectivity index (χ1) is 6.44. The minimum absolute atomic E-state index is 0.0148. The van der Waals surface area contributed by atoms with Crippen LogP contribution in [0.25, 0.3) is 0 Å². The van der Waals surface area contributed by atoms with E-state index in [-0.39, 0.29) is 29.9 Å². The Labute approximate surface area is 84.2 Å². The van der Waals surface area contributed by atoms with E-state index in [9.17, 15) is 12.8 Å². The summed E-state index contributed by atoms with van der Waals surface area (Å²) in [7, 11) is -3.00. The van der Waals surface area contributed by atoms with Crippen molar-refractivity contribution in [2.75, 3.05) is 18.1 Å². The normalized spacial score (nSPS) is 33.9. The fourth-order valence-corrected chi connectivity index (χ4v) is 3.90. The SMILES string of the molecule is CC(F)CC1CCS(=O)(=O)CC1CO. The van der Waals surface area contributed by atoms with Gasteiger partial charge in [-0.05, 0) is 31.6 Å². The average Bonchev–Trinajstić information content (AvgIpc) is 2.07. The Kier molecular flexibility index (Phi) is 3.89. The number of sulfone groups is 1. The Morgan fingerprint density at radius 3 is 2.64 bits per heavy atom. The van der Waals surface area contributed by atoms with Crippen LogP contribution in [0.4, 0.5) is 4.39 Å². The van der Waals surface area contributed by atoms with Crippen LogP contribution >= 0.6 is 0 Å². The molecule has 0 saturated carbocycles. The summed E-state index contributed by atoms with van der Waals surface area (Å²) >= 11 is 0. The maximum atomic E-state index is 12.8. The second kappa shape index (κ2) is 4.57. The van der Waals surface area contributed by atoms with E-state index in [0.717, 1.165) is 0 Å². The molecule has 84 valence electrons. The number of rotatable bonds is 3. The molecule has 1 aliphatic rings. The molecule has 0 spiro atoms. The van der Waals surface area contributed by atoms with Gasteiger partial charge in [0.25, 0.3) is 0 Å². The molecular weight excluding hydrogens is 207 g/mol. The van der Waals surface area contributed by atoms with E-state index < -0.39 is 16.0 Å². The van der Waals surface area contributed by atoms with E-state index in [1.165, 1.54) is 6.92 Å². The number of aliphatic hydroxyl groups is 1. The predicted octanol–water partition coefficient (Wildman–Crippen LogP) is 0.778. The van der Waals surface area contributed by atoms with Crippen molar-refractivity contribution >= 4 is 9.84 Å². The molecule has 0 radical (unpaired) electrons. The summed E-state index contributed by atoms with van der Waals surface area (Å²) in [5.41, 5.74) is 0. The van der Waals surface area contributed by atoms with E-state index in [1.54, 1.807) is 0 Å². The fraction of sp³-hybridized carbons (Fsp3) is 1.00. The molecule has 1 rings (SSSR count). The Balaban J connectivity index is 2.61. The van der Waals surface area contributed by atoms with Crippen LogP contribution in [0.1, 0.15) is 19.8 Å². The number of hydrogen-bond acceptors (Lipinski definition) is 3. The Hall–Kier alpha value is -0.160. The molecule has 0 bridgehead atoms. The summed E-state index contributed by atoms with van der Waals surface area (Å²) in [6.45, 7) is 1.31. The van der Waals surface area contributed by atoms with Crippen molar-refractivity contribution < 1.29 is 17.9 Å². The van der Waals surface area contributed by atoms with Crippen molar-refractivity contribution in [2.45, 2.75) is 25.9 Å². The first kappa shape index (κ1) is 11.9. The molecule has 1 fully saturated rings. The standard InChI is InChI=1S/C9H17FO3S/c1-7(10)4-8-2-3-14(12,13)6-9(8)5-11/h7-9,11H,2-6H2,1H3. The lowest BCUT2D eigenvalue weighted by Gasteiger charge is -2.30. The zero-order chi connectivity index (χ0) is 10.8. The van der Waals surface area contributed by atoms with Gasteiger partial charge < -0.3 is 5.11 Å². The van der Waals surface area contributed by atoms with Crippen LogP contribution in [0.15, 0.2) is 0 Å². The molecule has 0 aromatic rings. The molecule has 0 aromatic carbocycles.